The highest BCUT2D eigenvalue weighted by Gasteiger charge is 2.46. The maximum absolute atomic E-state index is 12.2. The van der Waals surface area contributed by atoms with Crippen LogP contribution in [0.2, 0.25) is 0 Å². The van der Waals surface area contributed by atoms with E-state index in [9.17, 15) is 14.7 Å². The van der Waals surface area contributed by atoms with Crippen LogP contribution in [0.5, 0.6) is 0 Å². The van der Waals surface area contributed by atoms with Gasteiger partial charge in [0.05, 0.1) is 0 Å². The smallest absolute Gasteiger partial charge is 0.411 e. The molecule has 1 atom stereocenters. The first-order chi connectivity index (χ1) is 8.60. The van der Waals surface area contributed by atoms with E-state index in [1.807, 2.05) is 0 Å². The van der Waals surface area contributed by atoms with Crippen LogP contribution in [0.1, 0.15) is 53.9 Å². The summed E-state index contributed by atoms with van der Waals surface area (Å²) in [5.74, 6) is -0.551. The summed E-state index contributed by atoms with van der Waals surface area (Å²) >= 11 is 0. The van der Waals surface area contributed by atoms with Crippen LogP contribution in [0.4, 0.5) is 4.79 Å². The zero-order chi connectivity index (χ0) is 14.8. The predicted octanol–water partition coefficient (Wildman–Crippen LogP) is 2.89. The third-order valence-electron chi connectivity index (χ3n) is 3.37. The molecule has 0 radical (unpaired) electrons. The van der Waals surface area contributed by atoms with Crippen molar-refractivity contribution < 1.29 is 19.4 Å². The summed E-state index contributed by atoms with van der Waals surface area (Å²) in [6.07, 6.45) is 2.04. The topological polar surface area (TPSA) is 66.8 Å². The zero-order valence-corrected chi connectivity index (χ0v) is 12.5. The van der Waals surface area contributed by atoms with Crippen molar-refractivity contribution in [2.75, 3.05) is 6.54 Å². The molecule has 0 bridgehead atoms. The highest BCUT2D eigenvalue weighted by atomic mass is 16.6. The third kappa shape index (κ3) is 4.11. The molecule has 0 saturated heterocycles. The summed E-state index contributed by atoms with van der Waals surface area (Å²) in [5.41, 5.74) is -1.80. The van der Waals surface area contributed by atoms with E-state index in [0.29, 0.717) is 18.9 Å². The van der Waals surface area contributed by atoms with E-state index in [1.54, 1.807) is 34.6 Å². The molecular weight excluding hydrogens is 246 g/mol. The molecule has 5 nitrogen and oxygen atoms in total. The van der Waals surface area contributed by atoms with Crippen LogP contribution in [0, 0.1) is 5.92 Å². The number of aliphatic carboxylic acids is 1. The Hall–Kier alpha value is -1.26. The SMILES string of the molecule is CCN(C(=O)OC(C)(C)C)C(C)(CC1CC1)C(=O)O. The molecule has 0 aromatic carbocycles. The molecule has 1 unspecified atom stereocenters. The average Bonchev–Trinajstić information content (AvgIpc) is 2.99. The number of carbonyl (C=O) groups is 2. The Kier molecular flexibility index (Phi) is 4.48. The van der Waals surface area contributed by atoms with Gasteiger partial charge >= 0.3 is 12.1 Å². The molecule has 19 heavy (non-hydrogen) atoms. The first-order valence-electron chi connectivity index (χ1n) is 6.84. The van der Waals surface area contributed by atoms with Crippen molar-refractivity contribution in [2.24, 2.45) is 5.92 Å². The Morgan fingerprint density at radius 3 is 2.11 bits per heavy atom. The fourth-order valence-corrected chi connectivity index (χ4v) is 2.19. The molecule has 1 aliphatic carbocycles. The molecule has 0 aliphatic heterocycles. The van der Waals surface area contributed by atoms with Crippen molar-refractivity contribution in [3.8, 4) is 0 Å². The van der Waals surface area contributed by atoms with Gasteiger partial charge in [-0.1, -0.05) is 12.8 Å². The molecule has 0 aromatic rings. The Labute approximate surface area is 114 Å². The number of carboxylic acids is 1. The molecule has 0 aromatic heterocycles. The second-order valence-corrected chi connectivity index (χ2v) is 6.45. The molecule has 0 spiro atoms. The van der Waals surface area contributed by atoms with Gasteiger partial charge in [-0.25, -0.2) is 9.59 Å². The van der Waals surface area contributed by atoms with Gasteiger partial charge in [0.25, 0.3) is 0 Å². The number of nitrogens with zero attached hydrogens (tertiary/aromatic N) is 1. The van der Waals surface area contributed by atoms with E-state index < -0.39 is 23.2 Å². The predicted molar refractivity (Wildman–Crippen MR) is 72.0 cm³/mol. The lowest BCUT2D eigenvalue weighted by molar-refractivity contribution is -0.150. The molecule has 1 amide bonds. The van der Waals surface area contributed by atoms with Crippen LogP contribution >= 0.6 is 0 Å². The highest BCUT2D eigenvalue weighted by molar-refractivity contribution is 5.84. The second kappa shape index (κ2) is 5.39. The third-order valence-corrected chi connectivity index (χ3v) is 3.37. The lowest BCUT2D eigenvalue weighted by Crippen LogP contribution is -2.56. The fraction of sp³-hybridized carbons (Fsp3) is 0.857. The molecule has 1 fully saturated rings. The number of carbonyl (C=O) groups excluding carboxylic acids is 1. The van der Waals surface area contributed by atoms with Crippen LogP contribution < -0.4 is 0 Å². The Balaban J connectivity index is 2.89. The lowest BCUT2D eigenvalue weighted by atomic mass is 9.93. The minimum absolute atomic E-state index is 0.324. The van der Waals surface area contributed by atoms with E-state index in [4.69, 9.17) is 4.74 Å². The molecule has 0 heterocycles. The fourth-order valence-electron chi connectivity index (χ4n) is 2.19. The summed E-state index contributed by atoms with van der Waals surface area (Å²) in [6, 6.07) is 0. The van der Waals surface area contributed by atoms with Gasteiger partial charge in [0, 0.05) is 6.54 Å². The molecule has 1 rings (SSSR count). The van der Waals surface area contributed by atoms with E-state index in [-0.39, 0.29) is 0 Å². The van der Waals surface area contributed by atoms with Crippen LogP contribution in [0.25, 0.3) is 0 Å². The molecule has 1 saturated carbocycles. The van der Waals surface area contributed by atoms with E-state index in [0.717, 1.165) is 12.8 Å². The van der Waals surface area contributed by atoms with Gasteiger partial charge in [-0.05, 0) is 47.0 Å². The molecule has 110 valence electrons. The molecule has 1 aliphatic rings. The van der Waals surface area contributed by atoms with Gasteiger partial charge in [0.2, 0.25) is 0 Å². The highest BCUT2D eigenvalue weighted by Crippen LogP contribution is 2.39. The van der Waals surface area contributed by atoms with Gasteiger partial charge in [-0.2, -0.15) is 0 Å². The number of hydrogen-bond acceptors (Lipinski definition) is 3. The number of amides is 1. The monoisotopic (exact) mass is 271 g/mol. The van der Waals surface area contributed by atoms with E-state index in [2.05, 4.69) is 0 Å². The van der Waals surface area contributed by atoms with Crippen LogP contribution in [0.3, 0.4) is 0 Å². The average molecular weight is 271 g/mol. The normalized spacial score (nSPS) is 18.6. The summed E-state index contributed by atoms with van der Waals surface area (Å²) < 4.78 is 5.31. The largest absolute Gasteiger partial charge is 0.480 e. The Morgan fingerprint density at radius 1 is 1.26 bits per heavy atom. The Bertz CT molecular complexity index is 357. The maximum atomic E-state index is 12.2. The summed E-state index contributed by atoms with van der Waals surface area (Å²) in [6.45, 7) is 9.04. The molecule has 1 N–H and O–H groups in total. The van der Waals surface area contributed by atoms with Crippen molar-refractivity contribution in [1.82, 2.24) is 4.90 Å². The van der Waals surface area contributed by atoms with E-state index in [1.165, 1.54) is 4.90 Å². The van der Waals surface area contributed by atoms with Crippen molar-refractivity contribution in [1.29, 1.82) is 0 Å². The van der Waals surface area contributed by atoms with Crippen LogP contribution in [-0.4, -0.2) is 39.8 Å². The molecular formula is C14H25NO4. The van der Waals surface area contributed by atoms with E-state index >= 15 is 0 Å². The first kappa shape index (κ1) is 15.8. The minimum atomic E-state index is -1.18. The van der Waals surface area contributed by atoms with Gasteiger partial charge in [0.15, 0.2) is 0 Å². The van der Waals surface area contributed by atoms with Gasteiger partial charge in [-0.3, -0.25) is 4.90 Å². The minimum Gasteiger partial charge on any atom is -0.480 e. The lowest BCUT2D eigenvalue weighted by Gasteiger charge is -2.38. The number of rotatable bonds is 5. The standard InChI is InChI=1S/C14H25NO4/c1-6-15(12(18)19-13(2,3)4)14(5,11(16)17)9-10-7-8-10/h10H,6-9H2,1-5H3,(H,16,17). The van der Waals surface area contributed by atoms with Crippen LogP contribution in [0.15, 0.2) is 0 Å². The summed E-state index contributed by atoms with van der Waals surface area (Å²) in [5, 5.41) is 9.51. The van der Waals surface area contributed by atoms with Crippen LogP contribution in [-0.2, 0) is 9.53 Å². The summed E-state index contributed by atoms with van der Waals surface area (Å²) in [4.78, 5) is 25.1. The summed E-state index contributed by atoms with van der Waals surface area (Å²) in [7, 11) is 0. The number of likely N-dealkylation sites (N-methyl/N-ethyl adjacent to an activating group) is 1. The number of carboxylic acid groups (broad SMARTS) is 1. The quantitative estimate of drug-likeness (QED) is 0.835. The van der Waals surface area contributed by atoms with Gasteiger partial charge < -0.3 is 9.84 Å². The number of ether oxygens (including phenoxy) is 1. The molecule has 5 heteroatoms. The zero-order valence-electron chi connectivity index (χ0n) is 12.5. The van der Waals surface area contributed by atoms with Gasteiger partial charge in [-0.15, -0.1) is 0 Å². The van der Waals surface area contributed by atoms with Crippen molar-refractivity contribution >= 4 is 12.1 Å². The van der Waals surface area contributed by atoms with Crippen molar-refractivity contribution in [3.63, 3.8) is 0 Å². The Morgan fingerprint density at radius 2 is 1.79 bits per heavy atom. The van der Waals surface area contributed by atoms with Crippen molar-refractivity contribution in [3.05, 3.63) is 0 Å². The van der Waals surface area contributed by atoms with Crippen molar-refractivity contribution in [2.45, 2.75) is 65.0 Å². The first-order valence-corrected chi connectivity index (χ1v) is 6.84. The number of hydrogen-bond donors (Lipinski definition) is 1. The second-order valence-electron chi connectivity index (χ2n) is 6.45. The maximum Gasteiger partial charge on any atom is 0.411 e. The van der Waals surface area contributed by atoms with Gasteiger partial charge in [0.1, 0.15) is 11.1 Å².